The minimum Gasteiger partial charge on any atom is -0.298 e. The summed E-state index contributed by atoms with van der Waals surface area (Å²) in [6.45, 7) is 8.70. The lowest BCUT2D eigenvalue weighted by atomic mass is 9.54. The van der Waals surface area contributed by atoms with Crippen LogP contribution in [0.25, 0.3) is 0 Å². The lowest BCUT2D eigenvalue weighted by molar-refractivity contribution is -0.145. The van der Waals surface area contributed by atoms with Crippen LogP contribution in [0.2, 0.25) is 0 Å². The third-order valence-electron chi connectivity index (χ3n) is 4.86. The lowest BCUT2D eigenvalue weighted by Crippen LogP contribution is -2.48. The zero-order valence-corrected chi connectivity index (χ0v) is 11.1. The Bertz CT molecular complexity index is 337. The van der Waals surface area contributed by atoms with Crippen LogP contribution in [0.1, 0.15) is 59.8 Å². The number of allylic oxidation sites excluding steroid dienone is 2. The maximum Gasteiger partial charge on any atom is 0.145 e. The van der Waals surface area contributed by atoms with E-state index in [0.717, 1.165) is 25.7 Å². The number of hydrogen-bond acceptors (Lipinski definition) is 1. The van der Waals surface area contributed by atoms with Gasteiger partial charge in [-0.15, -0.1) is 0 Å². The summed E-state index contributed by atoms with van der Waals surface area (Å²) < 4.78 is 0. The summed E-state index contributed by atoms with van der Waals surface area (Å²) in [5.41, 5.74) is 1.35. The molecule has 1 spiro atoms. The maximum absolute atomic E-state index is 12.7. The number of hydrogen-bond donors (Lipinski definition) is 0. The van der Waals surface area contributed by atoms with Gasteiger partial charge in [-0.2, -0.15) is 0 Å². The van der Waals surface area contributed by atoms with Crippen molar-refractivity contribution in [3.8, 4) is 0 Å². The van der Waals surface area contributed by atoms with E-state index < -0.39 is 0 Å². The Morgan fingerprint density at radius 3 is 2.56 bits per heavy atom. The van der Waals surface area contributed by atoms with Gasteiger partial charge in [0.25, 0.3) is 0 Å². The first kappa shape index (κ1) is 11.9. The Labute approximate surface area is 99.3 Å². The second-order valence-corrected chi connectivity index (χ2v) is 6.52. The van der Waals surface area contributed by atoms with Crippen molar-refractivity contribution in [1.29, 1.82) is 0 Å². The fraction of sp³-hybridized carbons (Fsp3) is 0.800. The molecule has 2 aliphatic carbocycles. The van der Waals surface area contributed by atoms with Crippen molar-refractivity contribution in [2.75, 3.05) is 0 Å². The normalized spacial score (nSPS) is 38.6. The molecule has 0 N–H and O–H groups in total. The summed E-state index contributed by atoms with van der Waals surface area (Å²) in [6, 6.07) is 0. The Hall–Kier alpha value is -0.590. The van der Waals surface area contributed by atoms with E-state index in [1.165, 1.54) is 12.0 Å². The molecule has 2 aliphatic rings. The van der Waals surface area contributed by atoms with Gasteiger partial charge in [0.15, 0.2) is 0 Å². The number of carbonyl (C=O) groups is 1. The van der Waals surface area contributed by atoms with Crippen molar-refractivity contribution in [2.24, 2.45) is 16.7 Å². The maximum atomic E-state index is 12.7. The summed E-state index contributed by atoms with van der Waals surface area (Å²) in [5, 5.41) is 0. The summed E-state index contributed by atoms with van der Waals surface area (Å²) in [4.78, 5) is 12.7. The van der Waals surface area contributed by atoms with Gasteiger partial charge >= 0.3 is 0 Å². The highest BCUT2D eigenvalue weighted by Gasteiger charge is 2.51. The zero-order valence-electron chi connectivity index (χ0n) is 11.1. The third kappa shape index (κ3) is 1.65. The van der Waals surface area contributed by atoms with Crippen molar-refractivity contribution < 1.29 is 4.79 Å². The summed E-state index contributed by atoms with van der Waals surface area (Å²) in [7, 11) is 0. The van der Waals surface area contributed by atoms with E-state index in [2.05, 4.69) is 33.8 Å². The van der Waals surface area contributed by atoms with Gasteiger partial charge in [0.1, 0.15) is 5.78 Å². The highest BCUT2D eigenvalue weighted by Crippen LogP contribution is 2.52. The third-order valence-corrected chi connectivity index (χ3v) is 4.86. The minimum atomic E-state index is -0.0917. The van der Waals surface area contributed by atoms with Crippen LogP contribution in [0.3, 0.4) is 0 Å². The SMILES string of the molecule is CC1=C[C@H](C)C2(CCCC(C)(C)C2=O)CC1. The molecule has 2 atom stereocenters. The Morgan fingerprint density at radius 1 is 1.25 bits per heavy atom. The van der Waals surface area contributed by atoms with E-state index in [4.69, 9.17) is 0 Å². The molecule has 0 bridgehead atoms. The van der Waals surface area contributed by atoms with Gasteiger partial charge in [0.05, 0.1) is 0 Å². The molecule has 1 fully saturated rings. The molecule has 0 heterocycles. The van der Waals surface area contributed by atoms with Crippen molar-refractivity contribution in [3.05, 3.63) is 11.6 Å². The minimum absolute atomic E-state index is 0.0265. The first-order valence-electron chi connectivity index (χ1n) is 6.61. The standard InChI is InChI=1S/C15H24O/c1-11-6-9-15(12(2)10-11)8-5-7-14(3,4)13(15)16/h10,12H,5-9H2,1-4H3/t12-,15?/m0/s1. The van der Waals surface area contributed by atoms with Crippen LogP contribution in [0.4, 0.5) is 0 Å². The van der Waals surface area contributed by atoms with Gasteiger partial charge in [0, 0.05) is 10.8 Å². The van der Waals surface area contributed by atoms with Gasteiger partial charge in [-0.3, -0.25) is 4.79 Å². The smallest absolute Gasteiger partial charge is 0.145 e. The van der Waals surface area contributed by atoms with E-state index in [9.17, 15) is 4.79 Å². The molecule has 0 aromatic carbocycles. The molecule has 90 valence electrons. The Kier molecular flexibility index (Phi) is 2.76. The van der Waals surface area contributed by atoms with E-state index in [0.29, 0.717) is 11.7 Å². The van der Waals surface area contributed by atoms with Gasteiger partial charge in [-0.25, -0.2) is 0 Å². The largest absolute Gasteiger partial charge is 0.298 e. The number of carbonyl (C=O) groups excluding carboxylic acids is 1. The molecular formula is C15H24O. The molecule has 1 heteroatoms. The van der Waals surface area contributed by atoms with Crippen LogP contribution in [-0.2, 0) is 4.79 Å². The second-order valence-electron chi connectivity index (χ2n) is 6.52. The van der Waals surface area contributed by atoms with Gasteiger partial charge < -0.3 is 0 Å². The van der Waals surface area contributed by atoms with Crippen LogP contribution < -0.4 is 0 Å². The molecular weight excluding hydrogens is 196 g/mol. The van der Waals surface area contributed by atoms with Crippen LogP contribution in [0, 0.1) is 16.7 Å². The molecule has 1 nitrogen and oxygen atoms in total. The molecule has 0 aromatic heterocycles. The van der Waals surface area contributed by atoms with E-state index in [1.54, 1.807) is 0 Å². The van der Waals surface area contributed by atoms with E-state index >= 15 is 0 Å². The van der Waals surface area contributed by atoms with Crippen molar-refractivity contribution in [2.45, 2.75) is 59.8 Å². The monoisotopic (exact) mass is 220 g/mol. The van der Waals surface area contributed by atoms with Crippen LogP contribution >= 0.6 is 0 Å². The predicted octanol–water partition coefficient (Wildman–Crippen LogP) is 4.13. The number of ketones is 1. The quantitative estimate of drug-likeness (QED) is 0.561. The molecule has 1 saturated carbocycles. The zero-order chi connectivity index (χ0) is 12.0. The molecule has 16 heavy (non-hydrogen) atoms. The van der Waals surface area contributed by atoms with Crippen molar-refractivity contribution in [1.82, 2.24) is 0 Å². The lowest BCUT2D eigenvalue weighted by Gasteiger charge is -2.48. The fourth-order valence-electron chi connectivity index (χ4n) is 3.74. The van der Waals surface area contributed by atoms with Crippen molar-refractivity contribution >= 4 is 5.78 Å². The van der Waals surface area contributed by atoms with Crippen LogP contribution in [-0.4, -0.2) is 5.78 Å². The Morgan fingerprint density at radius 2 is 1.94 bits per heavy atom. The molecule has 0 amide bonds. The van der Waals surface area contributed by atoms with Crippen molar-refractivity contribution in [3.63, 3.8) is 0 Å². The first-order chi connectivity index (χ1) is 7.38. The highest BCUT2D eigenvalue weighted by molar-refractivity contribution is 5.91. The van der Waals surface area contributed by atoms with E-state index in [1.807, 2.05) is 0 Å². The van der Waals surface area contributed by atoms with Crippen LogP contribution in [0.15, 0.2) is 11.6 Å². The predicted molar refractivity (Wildman–Crippen MR) is 67.2 cm³/mol. The second kappa shape index (κ2) is 3.72. The molecule has 0 aromatic rings. The fourth-order valence-corrected chi connectivity index (χ4v) is 3.74. The topological polar surface area (TPSA) is 17.1 Å². The summed E-state index contributed by atoms with van der Waals surface area (Å²) in [6.07, 6.45) is 7.94. The molecule has 0 radical (unpaired) electrons. The van der Waals surface area contributed by atoms with E-state index in [-0.39, 0.29) is 10.8 Å². The summed E-state index contributed by atoms with van der Waals surface area (Å²) >= 11 is 0. The molecule has 1 unspecified atom stereocenters. The molecule has 2 rings (SSSR count). The average molecular weight is 220 g/mol. The molecule has 0 aliphatic heterocycles. The Balaban J connectivity index is 2.35. The first-order valence-corrected chi connectivity index (χ1v) is 6.61. The number of Topliss-reactive ketones (excluding diaryl/α,β-unsaturated/α-hetero) is 1. The molecule has 0 saturated heterocycles. The van der Waals surface area contributed by atoms with Gasteiger partial charge in [0.2, 0.25) is 0 Å². The van der Waals surface area contributed by atoms with Crippen LogP contribution in [0.5, 0.6) is 0 Å². The van der Waals surface area contributed by atoms with Gasteiger partial charge in [-0.1, -0.05) is 38.8 Å². The number of rotatable bonds is 0. The summed E-state index contributed by atoms with van der Waals surface area (Å²) in [5.74, 6) is 0.968. The van der Waals surface area contributed by atoms with Gasteiger partial charge in [-0.05, 0) is 38.5 Å². The average Bonchev–Trinajstić information content (AvgIpc) is 2.19. The highest BCUT2D eigenvalue weighted by atomic mass is 16.1.